The second-order valence-corrected chi connectivity index (χ2v) is 3.68. The smallest absolute Gasteiger partial charge is 0.171 e. The van der Waals surface area contributed by atoms with E-state index in [4.69, 9.17) is 9.26 Å². The zero-order valence-corrected chi connectivity index (χ0v) is 10.4. The maximum atomic E-state index is 13.0. The fourth-order valence-electron chi connectivity index (χ4n) is 1.15. The van der Waals surface area contributed by atoms with Crippen LogP contribution in [0.15, 0.2) is 46.5 Å². The molecule has 0 aliphatic carbocycles. The molecule has 1 aromatic heterocycles. The Bertz CT molecular complexity index is 514. The molecule has 0 N–H and O–H groups in total. The van der Waals surface area contributed by atoms with Gasteiger partial charge in [0.25, 0.3) is 0 Å². The van der Waals surface area contributed by atoms with Crippen molar-refractivity contribution in [2.75, 3.05) is 6.61 Å². The number of aldehydes is 1. The summed E-state index contributed by atoms with van der Waals surface area (Å²) in [7, 11) is 0. The standard InChI is InChI=1S/C13H13F2NO3/c1-9(14)3-4-11(10(2)15)7-18-8-13-5-12(6-17)16-19-13/h3-6H,2,7-8H2,1H3/b9-3+,11-4-. The Kier molecular flexibility index (Phi) is 5.81. The molecule has 1 heterocycles. The van der Waals surface area contributed by atoms with Crippen molar-refractivity contribution in [2.24, 2.45) is 0 Å². The van der Waals surface area contributed by atoms with Gasteiger partial charge in [-0.15, -0.1) is 0 Å². The highest BCUT2D eigenvalue weighted by Gasteiger charge is 2.06. The molecule has 0 unspecified atom stereocenters. The molecule has 0 aromatic carbocycles. The number of carbonyl (C=O) groups excluding carboxylic acids is 1. The van der Waals surface area contributed by atoms with Crippen LogP contribution < -0.4 is 0 Å². The lowest BCUT2D eigenvalue weighted by molar-refractivity contribution is 0.111. The summed E-state index contributed by atoms with van der Waals surface area (Å²) in [6, 6.07) is 1.41. The van der Waals surface area contributed by atoms with Crippen LogP contribution in [-0.2, 0) is 11.3 Å². The van der Waals surface area contributed by atoms with Gasteiger partial charge in [0, 0.05) is 11.6 Å². The first-order chi connectivity index (χ1) is 9.02. The van der Waals surface area contributed by atoms with Crippen LogP contribution in [0.4, 0.5) is 8.78 Å². The molecule has 102 valence electrons. The number of hydrogen-bond acceptors (Lipinski definition) is 4. The van der Waals surface area contributed by atoms with Crippen molar-refractivity contribution < 1.29 is 22.8 Å². The second-order valence-electron chi connectivity index (χ2n) is 3.68. The number of nitrogens with zero attached hydrogens (tertiary/aromatic N) is 1. The number of aromatic nitrogens is 1. The third kappa shape index (κ3) is 5.39. The minimum absolute atomic E-state index is 0.0176. The SMILES string of the molecule is C=C(F)/C(=C\C=C(/C)F)COCc1cc(C=O)no1. The highest BCUT2D eigenvalue weighted by Crippen LogP contribution is 2.12. The topological polar surface area (TPSA) is 52.3 Å². The van der Waals surface area contributed by atoms with Crippen LogP contribution in [0.5, 0.6) is 0 Å². The lowest BCUT2D eigenvalue weighted by atomic mass is 10.2. The Balaban J connectivity index is 2.53. The van der Waals surface area contributed by atoms with Gasteiger partial charge in [0.05, 0.1) is 12.4 Å². The van der Waals surface area contributed by atoms with Gasteiger partial charge >= 0.3 is 0 Å². The van der Waals surface area contributed by atoms with Crippen LogP contribution in [0, 0.1) is 0 Å². The van der Waals surface area contributed by atoms with E-state index in [9.17, 15) is 13.6 Å². The first kappa shape index (κ1) is 15.0. The van der Waals surface area contributed by atoms with Crippen LogP contribution in [0.2, 0.25) is 0 Å². The fourth-order valence-corrected chi connectivity index (χ4v) is 1.15. The van der Waals surface area contributed by atoms with Gasteiger partial charge < -0.3 is 9.26 Å². The molecule has 0 fully saturated rings. The van der Waals surface area contributed by atoms with E-state index in [1.165, 1.54) is 19.1 Å². The molecule has 1 aromatic rings. The molecule has 0 saturated heterocycles. The molecule has 19 heavy (non-hydrogen) atoms. The van der Waals surface area contributed by atoms with Gasteiger partial charge in [0.15, 0.2) is 12.0 Å². The van der Waals surface area contributed by atoms with Crippen LogP contribution in [0.25, 0.3) is 0 Å². The summed E-state index contributed by atoms with van der Waals surface area (Å²) >= 11 is 0. The van der Waals surface area contributed by atoms with Crippen LogP contribution in [-0.4, -0.2) is 18.0 Å². The van der Waals surface area contributed by atoms with Crippen molar-refractivity contribution in [1.82, 2.24) is 5.16 Å². The van der Waals surface area contributed by atoms with Crippen LogP contribution in [0.3, 0.4) is 0 Å². The maximum absolute atomic E-state index is 13.0. The summed E-state index contributed by atoms with van der Waals surface area (Å²) in [4.78, 5) is 10.4. The molecule has 0 bridgehead atoms. The second kappa shape index (κ2) is 7.38. The Morgan fingerprint density at radius 3 is 2.79 bits per heavy atom. The molecule has 6 heteroatoms. The zero-order valence-electron chi connectivity index (χ0n) is 10.4. The third-order valence-corrected chi connectivity index (χ3v) is 2.06. The molecule has 1 rings (SSSR count). The van der Waals surface area contributed by atoms with E-state index in [2.05, 4.69) is 11.7 Å². The Labute approximate surface area is 109 Å². The van der Waals surface area contributed by atoms with Crippen molar-refractivity contribution in [3.8, 4) is 0 Å². The molecule has 0 saturated carbocycles. The van der Waals surface area contributed by atoms with E-state index < -0.39 is 11.7 Å². The first-order valence-corrected chi connectivity index (χ1v) is 5.39. The first-order valence-electron chi connectivity index (χ1n) is 5.39. The number of hydrogen-bond donors (Lipinski definition) is 0. The van der Waals surface area contributed by atoms with E-state index >= 15 is 0 Å². The average Bonchev–Trinajstić information content (AvgIpc) is 2.80. The normalized spacial score (nSPS) is 12.6. The zero-order chi connectivity index (χ0) is 14.3. The number of halogens is 2. The lowest BCUT2D eigenvalue weighted by Crippen LogP contribution is -1.98. The van der Waals surface area contributed by atoms with E-state index in [0.717, 1.165) is 6.08 Å². The molecule has 0 aliphatic rings. The van der Waals surface area contributed by atoms with Gasteiger partial charge in [-0.2, -0.15) is 0 Å². The van der Waals surface area contributed by atoms with Gasteiger partial charge in [-0.25, -0.2) is 8.78 Å². The molecule has 0 amide bonds. The van der Waals surface area contributed by atoms with E-state index in [1.54, 1.807) is 0 Å². The van der Waals surface area contributed by atoms with E-state index in [-0.39, 0.29) is 24.5 Å². The highest BCUT2D eigenvalue weighted by molar-refractivity contribution is 5.71. The van der Waals surface area contributed by atoms with Crippen molar-refractivity contribution in [3.63, 3.8) is 0 Å². The summed E-state index contributed by atoms with van der Waals surface area (Å²) in [6.45, 7) is 4.29. The number of ether oxygens (including phenoxy) is 1. The molecule has 0 aliphatic heterocycles. The number of rotatable bonds is 7. The minimum Gasteiger partial charge on any atom is -0.369 e. The van der Waals surface area contributed by atoms with Gasteiger partial charge in [0.2, 0.25) is 0 Å². The lowest BCUT2D eigenvalue weighted by Gasteiger charge is -2.03. The van der Waals surface area contributed by atoms with Crippen molar-refractivity contribution in [2.45, 2.75) is 13.5 Å². The monoisotopic (exact) mass is 269 g/mol. The number of allylic oxidation sites excluding steroid dienone is 3. The molecular weight excluding hydrogens is 256 g/mol. The minimum atomic E-state index is -0.705. The van der Waals surface area contributed by atoms with Crippen LogP contribution in [0.1, 0.15) is 23.2 Å². The summed E-state index contributed by atoms with van der Waals surface area (Å²) < 4.78 is 35.5. The quantitative estimate of drug-likeness (QED) is 0.563. The van der Waals surface area contributed by atoms with Crippen LogP contribution >= 0.6 is 0 Å². The van der Waals surface area contributed by atoms with E-state index in [1.807, 2.05) is 0 Å². The molecule has 0 atom stereocenters. The van der Waals surface area contributed by atoms with Gasteiger partial charge in [-0.3, -0.25) is 4.79 Å². The molecule has 0 spiro atoms. The van der Waals surface area contributed by atoms with Crippen molar-refractivity contribution >= 4 is 6.29 Å². The summed E-state index contributed by atoms with van der Waals surface area (Å²) in [6.07, 6.45) is 2.90. The fraction of sp³-hybridized carbons (Fsp3) is 0.231. The Hall–Kier alpha value is -2.08. The van der Waals surface area contributed by atoms with Crippen molar-refractivity contribution in [3.05, 3.63) is 53.5 Å². The molecule has 0 radical (unpaired) electrons. The average molecular weight is 269 g/mol. The molecular formula is C13H13F2NO3. The third-order valence-electron chi connectivity index (χ3n) is 2.06. The van der Waals surface area contributed by atoms with Gasteiger partial charge in [-0.05, 0) is 13.0 Å². The predicted molar refractivity (Wildman–Crippen MR) is 64.7 cm³/mol. The Morgan fingerprint density at radius 1 is 1.53 bits per heavy atom. The number of carbonyl (C=O) groups is 1. The van der Waals surface area contributed by atoms with E-state index in [0.29, 0.717) is 12.0 Å². The summed E-state index contributed by atoms with van der Waals surface area (Å²) in [5.74, 6) is -0.823. The predicted octanol–water partition coefficient (Wildman–Crippen LogP) is 3.29. The maximum Gasteiger partial charge on any atom is 0.171 e. The van der Waals surface area contributed by atoms with Gasteiger partial charge in [-0.1, -0.05) is 17.8 Å². The largest absolute Gasteiger partial charge is 0.369 e. The molecule has 4 nitrogen and oxygen atoms in total. The van der Waals surface area contributed by atoms with Gasteiger partial charge in [0.1, 0.15) is 18.1 Å². The Morgan fingerprint density at radius 2 is 2.26 bits per heavy atom. The summed E-state index contributed by atoms with van der Waals surface area (Å²) in [5.41, 5.74) is 0.271. The van der Waals surface area contributed by atoms with Crippen molar-refractivity contribution in [1.29, 1.82) is 0 Å². The highest BCUT2D eigenvalue weighted by atomic mass is 19.1. The summed E-state index contributed by atoms with van der Waals surface area (Å²) in [5, 5.41) is 3.44.